The van der Waals surface area contributed by atoms with Crippen LogP contribution in [0.3, 0.4) is 0 Å². The molecule has 7 heteroatoms. The minimum atomic E-state index is -0.964. The van der Waals surface area contributed by atoms with Gasteiger partial charge >= 0.3 is 0 Å². The molecule has 1 aliphatic rings. The number of amides is 1. The van der Waals surface area contributed by atoms with Gasteiger partial charge in [-0.05, 0) is 71.5 Å². The van der Waals surface area contributed by atoms with E-state index in [9.17, 15) is 19.8 Å². The average Bonchev–Trinajstić information content (AvgIpc) is 3.17. The Hall–Kier alpha value is -4.26. The molecule has 0 saturated carbocycles. The van der Waals surface area contributed by atoms with Gasteiger partial charge in [0, 0.05) is 11.3 Å². The van der Waals surface area contributed by atoms with E-state index in [1.165, 1.54) is 18.1 Å². The summed E-state index contributed by atoms with van der Waals surface area (Å²) in [7, 11) is 1.44. The molecule has 0 bridgehead atoms. The van der Waals surface area contributed by atoms with Crippen molar-refractivity contribution in [3.05, 3.63) is 89.0 Å². The number of Topliss-reactive ketones (excluding diaryl/α,β-unsaturated/α-hetero) is 1. The van der Waals surface area contributed by atoms with Gasteiger partial charge in [-0.1, -0.05) is 45.9 Å². The summed E-state index contributed by atoms with van der Waals surface area (Å²) in [6, 6.07) is 17.9. The molecule has 38 heavy (non-hydrogen) atoms. The lowest BCUT2D eigenvalue weighted by molar-refractivity contribution is -0.132. The molecule has 0 aliphatic carbocycles. The highest BCUT2D eigenvalue weighted by atomic mass is 16.5. The van der Waals surface area contributed by atoms with Crippen LogP contribution >= 0.6 is 0 Å². The van der Waals surface area contributed by atoms with E-state index in [4.69, 9.17) is 9.47 Å². The maximum absolute atomic E-state index is 13.4. The number of hydrogen-bond acceptors (Lipinski definition) is 6. The van der Waals surface area contributed by atoms with E-state index in [1.807, 2.05) is 26.0 Å². The molecule has 1 fully saturated rings. The van der Waals surface area contributed by atoms with E-state index in [2.05, 4.69) is 13.8 Å². The van der Waals surface area contributed by atoms with Crippen molar-refractivity contribution in [2.45, 2.75) is 39.7 Å². The normalized spacial score (nSPS) is 16.9. The largest absolute Gasteiger partial charge is 0.507 e. The first-order valence-corrected chi connectivity index (χ1v) is 12.6. The average molecular weight is 516 g/mol. The zero-order valence-corrected chi connectivity index (χ0v) is 22.3. The third-order valence-electron chi connectivity index (χ3n) is 6.51. The molecule has 3 aromatic carbocycles. The number of benzene rings is 3. The number of aromatic hydroxyl groups is 1. The summed E-state index contributed by atoms with van der Waals surface area (Å²) >= 11 is 0. The minimum Gasteiger partial charge on any atom is -0.507 e. The first-order valence-electron chi connectivity index (χ1n) is 12.6. The molecular weight excluding hydrogens is 482 g/mol. The minimum absolute atomic E-state index is 0.0663. The smallest absolute Gasteiger partial charge is 0.300 e. The Bertz CT molecular complexity index is 1360. The Labute approximate surface area is 222 Å². The number of anilines is 1. The highest BCUT2D eigenvalue weighted by Crippen LogP contribution is 2.44. The van der Waals surface area contributed by atoms with Gasteiger partial charge in [0.15, 0.2) is 11.5 Å². The quantitative estimate of drug-likeness (QED) is 0.211. The van der Waals surface area contributed by atoms with Crippen molar-refractivity contribution in [3.8, 4) is 17.2 Å². The van der Waals surface area contributed by atoms with Crippen molar-refractivity contribution < 1.29 is 29.3 Å². The fourth-order valence-electron chi connectivity index (χ4n) is 4.44. The van der Waals surface area contributed by atoms with Crippen molar-refractivity contribution in [1.29, 1.82) is 0 Å². The van der Waals surface area contributed by atoms with E-state index in [-0.39, 0.29) is 22.8 Å². The second kappa shape index (κ2) is 11.0. The molecule has 1 amide bonds. The molecule has 1 saturated heterocycles. The number of methoxy groups -OCH3 is 1. The highest BCUT2D eigenvalue weighted by molar-refractivity contribution is 6.51. The van der Waals surface area contributed by atoms with Crippen molar-refractivity contribution in [2.24, 2.45) is 5.92 Å². The fourth-order valence-corrected chi connectivity index (χ4v) is 4.44. The van der Waals surface area contributed by atoms with E-state index in [1.54, 1.807) is 48.5 Å². The number of rotatable bonds is 8. The molecule has 2 N–H and O–H groups in total. The summed E-state index contributed by atoms with van der Waals surface area (Å²) in [6.07, 6.45) is 0. The van der Waals surface area contributed by atoms with Crippen molar-refractivity contribution >= 4 is 23.1 Å². The van der Waals surface area contributed by atoms with Gasteiger partial charge < -0.3 is 19.7 Å². The molecular formula is C31H33NO6. The van der Waals surface area contributed by atoms with Gasteiger partial charge in [-0.2, -0.15) is 0 Å². The van der Waals surface area contributed by atoms with Gasteiger partial charge in [-0.15, -0.1) is 0 Å². The summed E-state index contributed by atoms with van der Waals surface area (Å²) in [5, 5.41) is 21.8. The van der Waals surface area contributed by atoms with Crippen LogP contribution in [0.2, 0.25) is 0 Å². The van der Waals surface area contributed by atoms with Crippen LogP contribution in [0.4, 0.5) is 5.69 Å². The third-order valence-corrected chi connectivity index (χ3v) is 6.51. The monoisotopic (exact) mass is 515 g/mol. The maximum atomic E-state index is 13.4. The predicted octanol–water partition coefficient (Wildman–Crippen LogP) is 6.19. The lowest BCUT2D eigenvalue weighted by Gasteiger charge is -2.26. The first-order chi connectivity index (χ1) is 18.1. The van der Waals surface area contributed by atoms with Crippen molar-refractivity contribution in [3.63, 3.8) is 0 Å². The third kappa shape index (κ3) is 5.23. The van der Waals surface area contributed by atoms with Crippen LogP contribution in [-0.2, 0) is 9.59 Å². The van der Waals surface area contributed by atoms with E-state index in [0.717, 1.165) is 5.56 Å². The number of hydrogen-bond donors (Lipinski definition) is 2. The number of carbonyl (C=O) groups excluding carboxylic acids is 2. The van der Waals surface area contributed by atoms with Crippen molar-refractivity contribution in [2.75, 3.05) is 18.6 Å². The van der Waals surface area contributed by atoms with Gasteiger partial charge in [0.2, 0.25) is 0 Å². The zero-order chi connectivity index (χ0) is 27.6. The number of phenolic OH excluding ortho intramolecular Hbond substituents is 1. The maximum Gasteiger partial charge on any atom is 0.300 e. The Morgan fingerprint density at radius 2 is 1.61 bits per heavy atom. The molecule has 3 aromatic rings. The molecule has 1 unspecified atom stereocenters. The Morgan fingerprint density at radius 3 is 2.16 bits per heavy atom. The Kier molecular flexibility index (Phi) is 7.76. The SMILES string of the molecule is COc1ccc(C2/C(=C(/O)c3ccc(OCC(C)C)cc3)C(=O)C(=O)N2c2ccc(C(C)C)cc2)cc1O. The molecule has 0 radical (unpaired) electrons. The number of ketones is 1. The molecule has 198 valence electrons. The molecule has 1 aliphatic heterocycles. The van der Waals surface area contributed by atoms with Crippen LogP contribution in [0.5, 0.6) is 17.2 Å². The molecule has 4 rings (SSSR count). The van der Waals surface area contributed by atoms with E-state index >= 15 is 0 Å². The van der Waals surface area contributed by atoms with Gasteiger partial charge in [0.1, 0.15) is 11.5 Å². The topological polar surface area (TPSA) is 96.3 Å². The van der Waals surface area contributed by atoms with E-state index < -0.39 is 17.7 Å². The Balaban J connectivity index is 1.83. The van der Waals surface area contributed by atoms with E-state index in [0.29, 0.717) is 41.0 Å². The fraction of sp³-hybridized carbons (Fsp3) is 0.290. The van der Waals surface area contributed by atoms with Crippen molar-refractivity contribution in [1.82, 2.24) is 0 Å². The summed E-state index contributed by atoms with van der Waals surface area (Å²) in [6.45, 7) is 8.78. The standard InChI is InChI=1S/C31H33NO6/c1-18(2)17-38-24-13-8-21(9-14-24)29(34)27-28(22-10-15-26(37-5)25(33)16-22)32(31(36)30(27)35)23-11-6-20(7-12-23)19(3)4/h6-16,18-19,28,33-34H,17H2,1-5H3/b29-27-. The number of phenols is 1. The zero-order valence-electron chi connectivity index (χ0n) is 22.3. The number of carbonyl (C=O) groups is 2. The summed E-state index contributed by atoms with van der Waals surface area (Å²) in [5.74, 6) is -0.480. The predicted molar refractivity (Wildman–Crippen MR) is 147 cm³/mol. The Morgan fingerprint density at radius 1 is 0.947 bits per heavy atom. The number of ether oxygens (including phenoxy) is 2. The summed E-state index contributed by atoms with van der Waals surface area (Å²) < 4.78 is 10.9. The molecule has 1 heterocycles. The lowest BCUT2D eigenvalue weighted by atomic mass is 9.94. The van der Waals surface area contributed by atoms with Crippen LogP contribution in [-0.4, -0.2) is 35.6 Å². The number of aliphatic hydroxyl groups excluding tert-OH is 1. The van der Waals surface area contributed by atoms with Crippen LogP contribution in [0, 0.1) is 5.92 Å². The molecule has 0 aromatic heterocycles. The molecule has 0 spiro atoms. The van der Waals surface area contributed by atoms with Crippen LogP contribution < -0.4 is 14.4 Å². The van der Waals surface area contributed by atoms with Crippen LogP contribution in [0.1, 0.15) is 56.3 Å². The summed E-state index contributed by atoms with van der Waals surface area (Å²) in [5.41, 5.74) is 2.35. The number of nitrogens with zero attached hydrogens (tertiary/aromatic N) is 1. The van der Waals surface area contributed by atoms with Gasteiger partial charge in [0.25, 0.3) is 11.7 Å². The molecule has 7 nitrogen and oxygen atoms in total. The summed E-state index contributed by atoms with van der Waals surface area (Å²) in [4.78, 5) is 28.1. The second-order valence-electron chi connectivity index (χ2n) is 10.1. The molecule has 1 atom stereocenters. The van der Waals surface area contributed by atoms with Crippen LogP contribution in [0.25, 0.3) is 5.76 Å². The lowest BCUT2D eigenvalue weighted by Crippen LogP contribution is -2.29. The van der Waals surface area contributed by atoms with Crippen LogP contribution in [0.15, 0.2) is 72.3 Å². The van der Waals surface area contributed by atoms with Gasteiger partial charge in [-0.3, -0.25) is 14.5 Å². The highest BCUT2D eigenvalue weighted by Gasteiger charge is 2.47. The van der Waals surface area contributed by atoms with Gasteiger partial charge in [0.05, 0.1) is 25.3 Å². The first kappa shape index (κ1) is 26.8. The second-order valence-corrected chi connectivity index (χ2v) is 10.1. The van der Waals surface area contributed by atoms with Gasteiger partial charge in [-0.25, -0.2) is 0 Å². The number of aliphatic hydroxyl groups is 1.